The molecule has 0 radical (unpaired) electrons. The average molecular weight is 302 g/mol. The molecule has 0 saturated heterocycles. The lowest BCUT2D eigenvalue weighted by Gasteiger charge is -2.21. The lowest BCUT2D eigenvalue weighted by Crippen LogP contribution is -2.24. The third-order valence-corrected chi connectivity index (χ3v) is 3.32. The first-order valence-corrected chi connectivity index (χ1v) is 7.02. The van der Waals surface area contributed by atoms with Gasteiger partial charge in [0.05, 0.1) is 4.47 Å². The van der Waals surface area contributed by atoms with Crippen molar-refractivity contribution in [3.8, 4) is 0 Å². The minimum atomic E-state index is -0.137. The topological polar surface area (TPSA) is 12.0 Å². The van der Waals surface area contributed by atoms with E-state index in [1.165, 1.54) is 0 Å². The van der Waals surface area contributed by atoms with E-state index in [1.807, 2.05) is 12.1 Å². The summed E-state index contributed by atoms with van der Waals surface area (Å²) >= 11 is 3.25. The first kappa shape index (κ1) is 14.7. The van der Waals surface area contributed by atoms with Crippen LogP contribution in [0.4, 0.5) is 4.39 Å². The molecule has 1 aromatic rings. The molecule has 1 atom stereocenters. The lowest BCUT2D eigenvalue weighted by atomic mass is 9.96. The normalized spacial score (nSPS) is 13.1. The van der Waals surface area contributed by atoms with Gasteiger partial charge in [-0.15, -0.1) is 0 Å². The molecule has 1 N–H and O–H groups in total. The van der Waals surface area contributed by atoms with Crippen molar-refractivity contribution in [2.75, 3.05) is 6.54 Å². The molecule has 0 bridgehead atoms. The van der Waals surface area contributed by atoms with E-state index in [-0.39, 0.29) is 11.9 Å². The van der Waals surface area contributed by atoms with Crippen molar-refractivity contribution < 1.29 is 4.39 Å². The van der Waals surface area contributed by atoms with Crippen molar-refractivity contribution in [1.29, 1.82) is 0 Å². The molecule has 0 aliphatic carbocycles. The average Bonchev–Trinajstić information content (AvgIpc) is 2.28. The van der Waals surface area contributed by atoms with Gasteiger partial charge in [-0.05, 0) is 47.3 Å². The summed E-state index contributed by atoms with van der Waals surface area (Å²) in [6.07, 6.45) is 2.01. The fourth-order valence-corrected chi connectivity index (χ4v) is 2.28. The monoisotopic (exact) mass is 301 g/mol. The van der Waals surface area contributed by atoms with Crippen LogP contribution in [-0.4, -0.2) is 6.54 Å². The Morgan fingerprint density at radius 3 is 2.65 bits per heavy atom. The van der Waals surface area contributed by atoms with Gasteiger partial charge in [0.15, 0.2) is 0 Å². The highest BCUT2D eigenvalue weighted by molar-refractivity contribution is 9.10. The Kier molecular flexibility index (Phi) is 6.14. The standard InChI is InChI=1S/C14H21BrFN/c1-4-8-17-13(9-10(2)3)11-6-5-7-12(15)14(11)16/h5-7,10,13,17H,4,8-9H2,1-3H3. The smallest absolute Gasteiger partial charge is 0.142 e. The fraction of sp³-hybridized carbons (Fsp3) is 0.571. The van der Waals surface area contributed by atoms with E-state index in [9.17, 15) is 4.39 Å². The number of hydrogen-bond acceptors (Lipinski definition) is 1. The molecule has 0 amide bonds. The minimum Gasteiger partial charge on any atom is -0.310 e. The predicted molar refractivity (Wildman–Crippen MR) is 74.6 cm³/mol. The summed E-state index contributed by atoms with van der Waals surface area (Å²) < 4.78 is 14.6. The van der Waals surface area contributed by atoms with Gasteiger partial charge in [-0.3, -0.25) is 0 Å². The predicted octanol–water partition coefficient (Wildman–Crippen LogP) is 4.68. The van der Waals surface area contributed by atoms with Crippen LogP contribution in [0.2, 0.25) is 0 Å². The maximum Gasteiger partial charge on any atom is 0.142 e. The van der Waals surface area contributed by atoms with Gasteiger partial charge in [-0.2, -0.15) is 0 Å². The van der Waals surface area contributed by atoms with Gasteiger partial charge < -0.3 is 5.32 Å². The number of rotatable bonds is 6. The summed E-state index contributed by atoms with van der Waals surface area (Å²) in [5.41, 5.74) is 0.765. The first-order chi connectivity index (χ1) is 8.06. The number of benzene rings is 1. The number of halogens is 2. The Labute approximate surface area is 112 Å². The van der Waals surface area contributed by atoms with Crippen LogP contribution in [0.15, 0.2) is 22.7 Å². The highest BCUT2D eigenvalue weighted by atomic mass is 79.9. The van der Waals surface area contributed by atoms with Gasteiger partial charge in [0, 0.05) is 11.6 Å². The van der Waals surface area contributed by atoms with Crippen LogP contribution in [0.1, 0.15) is 45.2 Å². The second-order valence-corrected chi connectivity index (χ2v) is 5.63. The summed E-state index contributed by atoms with van der Waals surface area (Å²) in [6.45, 7) is 7.37. The second-order valence-electron chi connectivity index (χ2n) is 4.78. The summed E-state index contributed by atoms with van der Waals surface area (Å²) in [6, 6.07) is 5.61. The molecule has 1 unspecified atom stereocenters. The van der Waals surface area contributed by atoms with Gasteiger partial charge in [-0.1, -0.05) is 32.9 Å². The van der Waals surface area contributed by atoms with E-state index in [2.05, 4.69) is 42.0 Å². The molecule has 1 nitrogen and oxygen atoms in total. The van der Waals surface area contributed by atoms with Gasteiger partial charge in [0.25, 0.3) is 0 Å². The second kappa shape index (κ2) is 7.12. The summed E-state index contributed by atoms with van der Waals surface area (Å²) in [5.74, 6) is 0.407. The molecule has 0 fully saturated rings. The van der Waals surface area contributed by atoms with Crippen LogP contribution in [0.3, 0.4) is 0 Å². The van der Waals surface area contributed by atoms with Gasteiger partial charge in [-0.25, -0.2) is 4.39 Å². The van der Waals surface area contributed by atoms with E-state index >= 15 is 0 Å². The van der Waals surface area contributed by atoms with Crippen LogP contribution >= 0.6 is 15.9 Å². The van der Waals surface area contributed by atoms with Crippen LogP contribution < -0.4 is 5.32 Å². The zero-order chi connectivity index (χ0) is 12.8. The summed E-state index contributed by atoms with van der Waals surface area (Å²) in [4.78, 5) is 0. The maximum absolute atomic E-state index is 14.0. The van der Waals surface area contributed by atoms with Crippen LogP contribution in [-0.2, 0) is 0 Å². The molecule has 17 heavy (non-hydrogen) atoms. The van der Waals surface area contributed by atoms with E-state index in [0.717, 1.165) is 24.9 Å². The van der Waals surface area contributed by atoms with E-state index < -0.39 is 0 Å². The molecule has 3 heteroatoms. The molecule has 0 aliphatic heterocycles. The molecule has 0 heterocycles. The van der Waals surface area contributed by atoms with E-state index in [0.29, 0.717) is 10.4 Å². The Balaban J connectivity index is 2.90. The largest absolute Gasteiger partial charge is 0.310 e. The van der Waals surface area contributed by atoms with Crippen LogP contribution in [0, 0.1) is 11.7 Å². The maximum atomic E-state index is 14.0. The Bertz CT molecular complexity index is 352. The van der Waals surface area contributed by atoms with Gasteiger partial charge in [0.1, 0.15) is 5.82 Å². The zero-order valence-electron chi connectivity index (χ0n) is 10.8. The molecule has 1 rings (SSSR count). The van der Waals surface area contributed by atoms with E-state index in [4.69, 9.17) is 0 Å². The highest BCUT2D eigenvalue weighted by Crippen LogP contribution is 2.27. The summed E-state index contributed by atoms with van der Waals surface area (Å²) in [7, 11) is 0. The molecule has 0 aliphatic rings. The van der Waals surface area contributed by atoms with Crippen molar-refractivity contribution in [2.24, 2.45) is 5.92 Å². The van der Waals surface area contributed by atoms with Crippen molar-refractivity contribution in [3.05, 3.63) is 34.1 Å². The Hall–Kier alpha value is -0.410. The molecular formula is C14H21BrFN. The molecule has 0 saturated carbocycles. The molecule has 96 valence electrons. The SMILES string of the molecule is CCCNC(CC(C)C)c1cccc(Br)c1F. The zero-order valence-corrected chi connectivity index (χ0v) is 12.3. The summed E-state index contributed by atoms with van der Waals surface area (Å²) in [5, 5.41) is 3.42. The van der Waals surface area contributed by atoms with Crippen LogP contribution in [0.5, 0.6) is 0 Å². The van der Waals surface area contributed by atoms with Crippen molar-refractivity contribution in [2.45, 2.75) is 39.7 Å². The molecular weight excluding hydrogens is 281 g/mol. The van der Waals surface area contributed by atoms with Crippen LogP contribution in [0.25, 0.3) is 0 Å². The van der Waals surface area contributed by atoms with Crippen molar-refractivity contribution in [1.82, 2.24) is 5.32 Å². The first-order valence-electron chi connectivity index (χ1n) is 6.23. The third kappa shape index (κ3) is 4.40. The fourth-order valence-electron chi connectivity index (χ4n) is 1.90. The molecule has 0 aromatic heterocycles. The van der Waals surface area contributed by atoms with Crippen molar-refractivity contribution >= 4 is 15.9 Å². The molecule has 0 spiro atoms. The number of nitrogens with one attached hydrogen (secondary N) is 1. The minimum absolute atomic E-state index is 0.104. The van der Waals surface area contributed by atoms with Gasteiger partial charge >= 0.3 is 0 Å². The van der Waals surface area contributed by atoms with Crippen molar-refractivity contribution in [3.63, 3.8) is 0 Å². The lowest BCUT2D eigenvalue weighted by molar-refractivity contribution is 0.415. The Morgan fingerprint density at radius 2 is 2.06 bits per heavy atom. The van der Waals surface area contributed by atoms with E-state index in [1.54, 1.807) is 6.07 Å². The van der Waals surface area contributed by atoms with Gasteiger partial charge in [0.2, 0.25) is 0 Å². The highest BCUT2D eigenvalue weighted by Gasteiger charge is 2.17. The Morgan fingerprint density at radius 1 is 1.35 bits per heavy atom. The number of hydrogen-bond donors (Lipinski definition) is 1. The third-order valence-electron chi connectivity index (χ3n) is 2.70. The quantitative estimate of drug-likeness (QED) is 0.805. The molecule has 1 aromatic carbocycles.